The fourth-order valence-corrected chi connectivity index (χ4v) is 1.54. The summed E-state index contributed by atoms with van der Waals surface area (Å²) < 4.78 is 0. The number of allylic oxidation sites excluding steroid dienone is 1. The molecule has 7 heteroatoms. The van der Waals surface area contributed by atoms with Crippen LogP contribution in [0.4, 0.5) is 0 Å². The third kappa shape index (κ3) is 9.38. The number of hydrogen-bond donors (Lipinski definition) is 4. The third-order valence-electron chi connectivity index (χ3n) is 2.50. The van der Waals surface area contributed by atoms with Gasteiger partial charge < -0.3 is 16.6 Å². The summed E-state index contributed by atoms with van der Waals surface area (Å²) in [5, 5.41) is 14.9. The minimum Gasteiger partial charge on any atom is -0.480 e. The van der Waals surface area contributed by atoms with Gasteiger partial charge in [0.2, 0.25) is 0 Å². The monoisotopic (exact) mass is 305 g/mol. The fraction of sp³-hybridized carbons (Fsp3) is 0.333. The summed E-state index contributed by atoms with van der Waals surface area (Å²) in [6, 6.07) is 3.05. The second-order valence-electron chi connectivity index (χ2n) is 4.40. The third-order valence-corrected chi connectivity index (χ3v) is 2.50. The minimum absolute atomic E-state index is 0.461. The van der Waals surface area contributed by atoms with Crippen LogP contribution in [-0.4, -0.2) is 41.2 Å². The molecule has 0 aromatic carbocycles. The van der Waals surface area contributed by atoms with Crippen LogP contribution in [0, 0.1) is 5.41 Å². The Balaban J connectivity index is 0.00000135. The van der Waals surface area contributed by atoms with E-state index in [1.807, 2.05) is 25.1 Å². The van der Waals surface area contributed by atoms with Gasteiger partial charge in [0.1, 0.15) is 6.04 Å². The molecule has 0 aliphatic rings. The van der Waals surface area contributed by atoms with E-state index in [2.05, 4.69) is 15.7 Å². The summed E-state index contributed by atoms with van der Waals surface area (Å²) in [7, 11) is 0. The predicted molar refractivity (Wildman–Crippen MR) is 89.1 cm³/mol. The number of pyridine rings is 1. The van der Waals surface area contributed by atoms with Gasteiger partial charge in [0.25, 0.3) is 0 Å². The first-order chi connectivity index (χ1) is 10.5. The highest BCUT2D eigenvalue weighted by molar-refractivity contribution is 5.86. The molecule has 0 aliphatic heterocycles. The minimum atomic E-state index is -0.918. The van der Waals surface area contributed by atoms with Crippen LogP contribution in [0.15, 0.2) is 35.1 Å². The van der Waals surface area contributed by atoms with Crippen molar-refractivity contribution in [3.8, 4) is 0 Å². The summed E-state index contributed by atoms with van der Waals surface area (Å²) in [6.07, 6.45) is 8.79. The zero-order valence-corrected chi connectivity index (χ0v) is 12.6. The van der Waals surface area contributed by atoms with Crippen LogP contribution in [0.25, 0.3) is 6.08 Å². The molecular formula is C15H23N5O2. The first-order valence-electron chi connectivity index (χ1n) is 6.80. The van der Waals surface area contributed by atoms with E-state index in [-0.39, 0.29) is 0 Å². The van der Waals surface area contributed by atoms with E-state index in [1.54, 1.807) is 18.6 Å². The van der Waals surface area contributed by atoms with Gasteiger partial charge in [-0.15, -0.1) is 0 Å². The second kappa shape index (κ2) is 12.2. The average Bonchev–Trinajstić information content (AvgIpc) is 2.48. The fourth-order valence-electron chi connectivity index (χ4n) is 1.54. The zero-order valence-electron chi connectivity index (χ0n) is 12.6. The van der Waals surface area contributed by atoms with E-state index >= 15 is 0 Å². The quantitative estimate of drug-likeness (QED) is 0.444. The van der Waals surface area contributed by atoms with Crippen molar-refractivity contribution in [3.05, 3.63) is 35.7 Å². The molecule has 6 N–H and O–H groups in total. The van der Waals surface area contributed by atoms with Crippen molar-refractivity contribution in [2.75, 3.05) is 6.54 Å². The van der Waals surface area contributed by atoms with E-state index in [9.17, 15) is 4.79 Å². The molecular weight excluding hydrogens is 282 g/mol. The van der Waals surface area contributed by atoms with Crippen LogP contribution < -0.4 is 11.5 Å². The first kappa shape index (κ1) is 19.5. The van der Waals surface area contributed by atoms with Crippen LogP contribution in [0.2, 0.25) is 0 Å². The lowest BCUT2D eigenvalue weighted by molar-refractivity contribution is -0.138. The summed E-state index contributed by atoms with van der Waals surface area (Å²) in [5.74, 6) is -0.918. The highest BCUT2D eigenvalue weighted by Gasteiger charge is 2.13. The molecule has 1 heterocycles. The standard InChI is InChI=1S/C14H19N3O2.CH4N2/c1-11(8-12-4-3-7-16-10-12)9-17-13(14(18)19)5-2-6-15;2-1-3/h3-4,7-10,13H,2,5-6,15H2,1H3,(H,18,19);1H,(H3,2,3)/b11-8+,17-9?;. The number of aliphatic imine (C=N–C) groups is 1. The molecule has 0 saturated carbocycles. The van der Waals surface area contributed by atoms with Crippen molar-refractivity contribution in [3.63, 3.8) is 0 Å². The molecule has 0 radical (unpaired) electrons. The van der Waals surface area contributed by atoms with Crippen LogP contribution in [0.1, 0.15) is 25.3 Å². The highest BCUT2D eigenvalue weighted by Crippen LogP contribution is 2.05. The molecule has 1 rings (SSSR count). The van der Waals surface area contributed by atoms with Crippen LogP contribution in [0.5, 0.6) is 0 Å². The number of aliphatic carboxylic acids is 1. The largest absolute Gasteiger partial charge is 0.480 e. The van der Waals surface area contributed by atoms with E-state index in [1.165, 1.54) is 0 Å². The van der Waals surface area contributed by atoms with E-state index in [4.69, 9.17) is 16.2 Å². The summed E-state index contributed by atoms with van der Waals surface area (Å²) >= 11 is 0. The van der Waals surface area contributed by atoms with Gasteiger partial charge in [-0.2, -0.15) is 0 Å². The Morgan fingerprint density at radius 3 is 2.77 bits per heavy atom. The molecule has 1 aromatic rings. The summed E-state index contributed by atoms with van der Waals surface area (Å²) in [6.45, 7) is 2.35. The summed E-state index contributed by atoms with van der Waals surface area (Å²) in [4.78, 5) is 19.1. The molecule has 0 bridgehead atoms. The number of carbonyl (C=O) groups is 1. The van der Waals surface area contributed by atoms with Gasteiger partial charge in [0.05, 0.1) is 6.34 Å². The Labute approximate surface area is 130 Å². The molecule has 1 atom stereocenters. The average molecular weight is 305 g/mol. The maximum absolute atomic E-state index is 11.0. The van der Waals surface area contributed by atoms with Crippen molar-refractivity contribution in [2.45, 2.75) is 25.8 Å². The molecule has 7 nitrogen and oxygen atoms in total. The highest BCUT2D eigenvalue weighted by atomic mass is 16.4. The van der Waals surface area contributed by atoms with Gasteiger partial charge >= 0.3 is 5.97 Å². The molecule has 0 fully saturated rings. The lowest BCUT2D eigenvalue weighted by Crippen LogP contribution is -2.19. The number of hydrogen-bond acceptors (Lipinski definition) is 5. The number of carboxylic acid groups (broad SMARTS) is 1. The molecule has 0 saturated heterocycles. The number of aromatic nitrogens is 1. The molecule has 120 valence electrons. The van der Waals surface area contributed by atoms with Crippen molar-refractivity contribution < 1.29 is 9.90 Å². The Bertz CT molecular complexity index is 500. The maximum Gasteiger partial charge on any atom is 0.328 e. The van der Waals surface area contributed by atoms with Crippen LogP contribution in [0.3, 0.4) is 0 Å². The van der Waals surface area contributed by atoms with Gasteiger partial charge in [-0.1, -0.05) is 6.07 Å². The second-order valence-corrected chi connectivity index (χ2v) is 4.40. The Hall–Kier alpha value is -2.54. The lowest BCUT2D eigenvalue weighted by Gasteiger charge is -2.05. The lowest BCUT2D eigenvalue weighted by atomic mass is 10.1. The maximum atomic E-state index is 11.0. The number of rotatable bonds is 7. The van der Waals surface area contributed by atoms with Crippen LogP contribution >= 0.6 is 0 Å². The predicted octanol–water partition coefficient (Wildman–Crippen LogP) is 1.30. The summed E-state index contributed by atoms with van der Waals surface area (Å²) in [5.41, 5.74) is 11.6. The van der Waals surface area contributed by atoms with E-state index < -0.39 is 12.0 Å². The van der Waals surface area contributed by atoms with Gasteiger partial charge in [-0.25, -0.2) is 4.79 Å². The molecule has 1 aromatic heterocycles. The van der Waals surface area contributed by atoms with Crippen molar-refractivity contribution in [1.82, 2.24) is 4.98 Å². The van der Waals surface area contributed by atoms with Gasteiger partial charge in [0.15, 0.2) is 0 Å². The molecule has 22 heavy (non-hydrogen) atoms. The Morgan fingerprint density at radius 1 is 1.59 bits per heavy atom. The molecule has 0 amide bonds. The van der Waals surface area contributed by atoms with Gasteiger partial charge in [0, 0.05) is 18.6 Å². The van der Waals surface area contributed by atoms with Crippen molar-refractivity contribution >= 4 is 24.6 Å². The number of nitrogens with one attached hydrogen (secondary N) is 1. The Morgan fingerprint density at radius 2 is 2.27 bits per heavy atom. The first-order valence-corrected chi connectivity index (χ1v) is 6.80. The number of nitrogens with two attached hydrogens (primary N) is 2. The zero-order chi connectivity index (χ0) is 16.8. The molecule has 1 unspecified atom stereocenters. The van der Waals surface area contributed by atoms with Gasteiger partial charge in [-0.3, -0.25) is 15.4 Å². The van der Waals surface area contributed by atoms with Gasteiger partial charge in [-0.05, 0) is 49.6 Å². The van der Waals surface area contributed by atoms with Crippen molar-refractivity contribution in [1.29, 1.82) is 5.41 Å². The Kier molecular flexibility index (Phi) is 10.8. The van der Waals surface area contributed by atoms with Crippen molar-refractivity contribution in [2.24, 2.45) is 16.5 Å². The van der Waals surface area contributed by atoms with E-state index in [0.717, 1.165) is 17.5 Å². The SMILES string of the molecule is C/C(C=NC(CCCN)C(=O)O)=C\c1cccnc1.N=CN. The van der Waals surface area contributed by atoms with Crippen LogP contribution in [-0.2, 0) is 4.79 Å². The molecule has 0 aliphatic carbocycles. The number of nitrogens with zero attached hydrogens (tertiary/aromatic N) is 2. The van der Waals surface area contributed by atoms with E-state index in [0.29, 0.717) is 19.4 Å². The molecule has 0 spiro atoms. The number of carboxylic acids is 1. The normalized spacial score (nSPS) is 12.4. The topological polar surface area (TPSA) is 138 Å². The smallest absolute Gasteiger partial charge is 0.328 e.